The van der Waals surface area contributed by atoms with Gasteiger partial charge in [0.1, 0.15) is 28.7 Å². The average Bonchev–Trinajstić information content (AvgIpc) is 2.79. The molecule has 0 heterocycles. The zero-order valence-electron chi connectivity index (χ0n) is 17.3. The number of nitrogens with zero attached hydrogens (tertiary/aromatic N) is 1. The highest BCUT2D eigenvalue weighted by molar-refractivity contribution is 5.84. The Labute approximate surface area is 171 Å². The normalized spacial score (nSPS) is 10.2. The number of ether oxygens (including phenoxy) is 5. The smallest absolute Gasteiger partial charge is 0.146 e. The zero-order valence-corrected chi connectivity index (χ0v) is 17.3. The molecule has 29 heavy (non-hydrogen) atoms. The minimum Gasteiger partial charge on any atom is -0.497 e. The topological polar surface area (TPSA) is 49.4 Å². The Bertz CT molecular complexity index is 900. The Morgan fingerprint density at radius 1 is 0.483 bits per heavy atom. The molecule has 0 fully saturated rings. The maximum Gasteiger partial charge on any atom is 0.146 e. The fraction of sp³-hybridized carbons (Fsp3) is 0.217. The van der Waals surface area contributed by atoms with Crippen molar-refractivity contribution >= 4 is 17.1 Å². The third-order valence-corrected chi connectivity index (χ3v) is 4.59. The maximum absolute atomic E-state index is 5.66. The number of rotatable bonds is 8. The molecule has 3 aromatic carbocycles. The van der Waals surface area contributed by atoms with Gasteiger partial charge in [-0.25, -0.2) is 0 Å². The summed E-state index contributed by atoms with van der Waals surface area (Å²) in [6, 6.07) is 19.2. The zero-order chi connectivity index (χ0) is 20.8. The van der Waals surface area contributed by atoms with Crippen LogP contribution in [-0.2, 0) is 0 Å². The Balaban J connectivity index is 2.23. The highest BCUT2D eigenvalue weighted by Crippen LogP contribution is 2.46. The first-order valence-corrected chi connectivity index (χ1v) is 9.03. The second-order valence-electron chi connectivity index (χ2n) is 6.11. The fourth-order valence-corrected chi connectivity index (χ4v) is 3.08. The molecule has 3 aromatic rings. The van der Waals surface area contributed by atoms with Crippen LogP contribution in [0, 0.1) is 0 Å². The van der Waals surface area contributed by atoms with Gasteiger partial charge < -0.3 is 28.6 Å². The van der Waals surface area contributed by atoms with E-state index in [-0.39, 0.29) is 0 Å². The monoisotopic (exact) mass is 395 g/mol. The molecule has 0 aliphatic rings. The van der Waals surface area contributed by atoms with Crippen LogP contribution >= 0.6 is 0 Å². The first-order chi connectivity index (χ1) is 14.1. The van der Waals surface area contributed by atoms with Crippen LogP contribution in [0.3, 0.4) is 0 Å². The Morgan fingerprint density at radius 2 is 0.897 bits per heavy atom. The van der Waals surface area contributed by atoms with E-state index in [1.807, 2.05) is 60.7 Å². The highest BCUT2D eigenvalue weighted by atomic mass is 16.5. The molecule has 0 saturated carbocycles. The molecule has 0 N–H and O–H groups in total. The molecule has 0 radical (unpaired) electrons. The molecule has 0 bridgehead atoms. The quantitative estimate of drug-likeness (QED) is 0.523. The van der Waals surface area contributed by atoms with Crippen molar-refractivity contribution in [3.05, 3.63) is 60.7 Å². The van der Waals surface area contributed by atoms with E-state index in [1.54, 1.807) is 35.5 Å². The standard InChI is InChI=1S/C23H25NO5/c1-25-17-8-6-16(7-9-17)24(20-12-10-18(26-2)14-22(20)28-4)21-13-11-19(27-3)15-23(21)29-5/h6-15H,1-5H3. The molecular weight excluding hydrogens is 370 g/mol. The van der Waals surface area contributed by atoms with Crippen molar-refractivity contribution < 1.29 is 23.7 Å². The summed E-state index contributed by atoms with van der Waals surface area (Å²) in [4.78, 5) is 2.05. The van der Waals surface area contributed by atoms with Gasteiger partial charge in [-0.2, -0.15) is 0 Å². The van der Waals surface area contributed by atoms with E-state index in [1.165, 1.54) is 0 Å². The van der Waals surface area contributed by atoms with Gasteiger partial charge in [-0.3, -0.25) is 0 Å². The summed E-state index contributed by atoms with van der Waals surface area (Å²) in [7, 11) is 8.17. The minimum atomic E-state index is 0.665. The molecule has 0 aliphatic carbocycles. The van der Waals surface area contributed by atoms with E-state index in [2.05, 4.69) is 4.90 Å². The van der Waals surface area contributed by atoms with E-state index in [9.17, 15) is 0 Å². The molecule has 0 aliphatic heterocycles. The van der Waals surface area contributed by atoms with E-state index < -0.39 is 0 Å². The number of methoxy groups -OCH3 is 5. The lowest BCUT2D eigenvalue weighted by Crippen LogP contribution is -2.12. The molecule has 0 spiro atoms. The summed E-state index contributed by atoms with van der Waals surface area (Å²) in [5.41, 5.74) is 2.58. The Morgan fingerprint density at radius 3 is 1.28 bits per heavy atom. The lowest BCUT2D eigenvalue weighted by Gasteiger charge is -2.28. The van der Waals surface area contributed by atoms with Crippen LogP contribution in [0.4, 0.5) is 17.1 Å². The van der Waals surface area contributed by atoms with Gasteiger partial charge in [0.05, 0.1) is 46.9 Å². The first kappa shape index (κ1) is 20.2. The van der Waals surface area contributed by atoms with Gasteiger partial charge in [0, 0.05) is 17.8 Å². The van der Waals surface area contributed by atoms with Crippen LogP contribution in [-0.4, -0.2) is 35.5 Å². The summed E-state index contributed by atoms with van der Waals surface area (Å²) in [5, 5.41) is 0. The van der Waals surface area contributed by atoms with Crippen molar-refractivity contribution in [2.45, 2.75) is 0 Å². The van der Waals surface area contributed by atoms with Gasteiger partial charge in [0.15, 0.2) is 0 Å². The predicted molar refractivity (Wildman–Crippen MR) is 114 cm³/mol. The number of anilines is 3. The third-order valence-electron chi connectivity index (χ3n) is 4.59. The van der Waals surface area contributed by atoms with Gasteiger partial charge in [0.25, 0.3) is 0 Å². The van der Waals surface area contributed by atoms with Gasteiger partial charge in [-0.05, 0) is 48.5 Å². The fourth-order valence-electron chi connectivity index (χ4n) is 3.08. The van der Waals surface area contributed by atoms with E-state index in [0.717, 1.165) is 22.8 Å². The van der Waals surface area contributed by atoms with Crippen molar-refractivity contribution in [2.75, 3.05) is 40.4 Å². The van der Waals surface area contributed by atoms with Crippen molar-refractivity contribution in [1.82, 2.24) is 0 Å². The molecule has 0 saturated heterocycles. The summed E-state index contributed by atoms with van der Waals surface area (Å²) in [5.74, 6) is 3.53. The van der Waals surface area contributed by atoms with Crippen LogP contribution in [0.2, 0.25) is 0 Å². The number of hydrogen-bond acceptors (Lipinski definition) is 6. The summed E-state index contributed by atoms with van der Waals surface area (Å²) in [6.07, 6.45) is 0. The molecule has 0 atom stereocenters. The van der Waals surface area contributed by atoms with Crippen molar-refractivity contribution in [3.63, 3.8) is 0 Å². The van der Waals surface area contributed by atoms with Crippen LogP contribution in [0.25, 0.3) is 0 Å². The van der Waals surface area contributed by atoms with E-state index in [0.29, 0.717) is 23.0 Å². The highest BCUT2D eigenvalue weighted by Gasteiger charge is 2.21. The molecule has 152 valence electrons. The number of benzene rings is 3. The molecular formula is C23H25NO5. The predicted octanol–water partition coefficient (Wildman–Crippen LogP) is 5.20. The molecule has 0 unspecified atom stereocenters. The lowest BCUT2D eigenvalue weighted by molar-refractivity contribution is 0.393. The third kappa shape index (κ3) is 4.16. The summed E-state index contributed by atoms with van der Waals surface area (Å²) < 4.78 is 27.3. The minimum absolute atomic E-state index is 0.665. The summed E-state index contributed by atoms with van der Waals surface area (Å²) >= 11 is 0. The average molecular weight is 395 g/mol. The molecule has 6 heteroatoms. The Hall–Kier alpha value is -3.54. The van der Waals surface area contributed by atoms with Crippen LogP contribution in [0.1, 0.15) is 0 Å². The maximum atomic E-state index is 5.66. The van der Waals surface area contributed by atoms with Crippen molar-refractivity contribution in [3.8, 4) is 28.7 Å². The molecule has 0 aromatic heterocycles. The second-order valence-corrected chi connectivity index (χ2v) is 6.11. The van der Waals surface area contributed by atoms with Crippen molar-refractivity contribution in [1.29, 1.82) is 0 Å². The summed E-state index contributed by atoms with van der Waals surface area (Å²) in [6.45, 7) is 0. The molecule has 3 rings (SSSR count). The van der Waals surface area contributed by atoms with Gasteiger partial charge >= 0.3 is 0 Å². The van der Waals surface area contributed by atoms with Crippen LogP contribution < -0.4 is 28.6 Å². The molecule has 6 nitrogen and oxygen atoms in total. The molecule has 0 amide bonds. The van der Waals surface area contributed by atoms with Gasteiger partial charge in [-0.1, -0.05) is 0 Å². The largest absolute Gasteiger partial charge is 0.497 e. The van der Waals surface area contributed by atoms with E-state index in [4.69, 9.17) is 23.7 Å². The van der Waals surface area contributed by atoms with Gasteiger partial charge in [-0.15, -0.1) is 0 Å². The second kappa shape index (κ2) is 9.10. The number of hydrogen-bond donors (Lipinski definition) is 0. The van der Waals surface area contributed by atoms with E-state index >= 15 is 0 Å². The first-order valence-electron chi connectivity index (χ1n) is 9.03. The van der Waals surface area contributed by atoms with Gasteiger partial charge in [0.2, 0.25) is 0 Å². The van der Waals surface area contributed by atoms with Crippen LogP contribution in [0.5, 0.6) is 28.7 Å². The van der Waals surface area contributed by atoms with Crippen LogP contribution in [0.15, 0.2) is 60.7 Å². The lowest BCUT2D eigenvalue weighted by atomic mass is 10.1. The van der Waals surface area contributed by atoms with Crippen molar-refractivity contribution in [2.24, 2.45) is 0 Å². The SMILES string of the molecule is COc1ccc(N(c2ccc(OC)cc2OC)c2ccc(OC)cc2OC)cc1. The Kier molecular flexibility index (Phi) is 6.34.